The van der Waals surface area contributed by atoms with Crippen molar-refractivity contribution in [1.29, 1.82) is 0 Å². The number of carbonyl (C=O) groups is 3. The van der Waals surface area contributed by atoms with Crippen molar-refractivity contribution in [3.8, 4) is 0 Å². The molecule has 6 nitrogen and oxygen atoms in total. The van der Waals surface area contributed by atoms with E-state index in [2.05, 4.69) is 69.4 Å². The molecule has 1 atom stereocenters. The number of allylic oxidation sites excluding steroid dienone is 8. The maximum atomic E-state index is 12.7. The maximum absolute atomic E-state index is 12.7. The first-order chi connectivity index (χ1) is 26.5. The van der Waals surface area contributed by atoms with Gasteiger partial charge in [0.15, 0.2) is 6.10 Å². The third kappa shape index (κ3) is 40.6. The number of rotatable bonds is 40. The first kappa shape index (κ1) is 51.4. The molecule has 312 valence electrons. The van der Waals surface area contributed by atoms with E-state index >= 15 is 0 Å². The van der Waals surface area contributed by atoms with Gasteiger partial charge in [-0.1, -0.05) is 185 Å². The highest BCUT2D eigenvalue weighted by molar-refractivity contribution is 5.71. The van der Waals surface area contributed by atoms with Crippen molar-refractivity contribution in [3.05, 3.63) is 48.6 Å². The molecule has 0 rings (SSSR count). The van der Waals surface area contributed by atoms with Crippen LogP contribution in [0.1, 0.15) is 220 Å². The van der Waals surface area contributed by atoms with E-state index in [4.69, 9.17) is 14.2 Å². The van der Waals surface area contributed by atoms with Crippen molar-refractivity contribution in [2.45, 2.75) is 226 Å². The number of unbranched alkanes of at least 4 members (excludes halogenated alkanes) is 23. The summed E-state index contributed by atoms with van der Waals surface area (Å²) in [5, 5.41) is 0. The van der Waals surface area contributed by atoms with Gasteiger partial charge >= 0.3 is 17.9 Å². The fraction of sp³-hybridized carbons (Fsp3) is 0.771. The van der Waals surface area contributed by atoms with Crippen LogP contribution in [-0.4, -0.2) is 37.2 Å². The van der Waals surface area contributed by atoms with Gasteiger partial charge in [0.25, 0.3) is 0 Å². The molecule has 54 heavy (non-hydrogen) atoms. The van der Waals surface area contributed by atoms with E-state index in [0.29, 0.717) is 19.3 Å². The average Bonchev–Trinajstić information content (AvgIpc) is 3.17. The van der Waals surface area contributed by atoms with Crippen LogP contribution in [0, 0.1) is 0 Å². The molecule has 0 N–H and O–H groups in total. The zero-order valence-electron chi connectivity index (χ0n) is 35.5. The van der Waals surface area contributed by atoms with Crippen LogP contribution in [0.3, 0.4) is 0 Å². The van der Waals surface area contributed by atoms with Crippen molar-refractivity contribution >= 4 is 17.9 Å². The molecule has 0 aliphatic rings. The van der Waals surface area contributed by atoms with Gasteiger partial charge in [-0.3, -0.25) is 14.4 Å². The highest BCUT2D eigenvalue weighted by atomic mass is 16.6. The Morgan fingerprint density at radius 1 is 0.389 bits per heavy atom. The van der Waals surface area contributed by atoms with Gasteiger partial charge in [0.1, 0.15) is 13.2 Å². The van der Waals surface area contributed by atoms with E-state index in [1.807, 2.05) is 0 Å². The van der Waals surface area contributed by atoms with E-state index in [1.54, 1.807) is 0 Å². The first-order valence-electron chi connectivity index (χ1n) is 22.7. The predicted octanol–water partition coefficient (Wildman–Crippen LogP) is 14.4. The second-order valence-corrected chi connectivity index (χ2v) is 15.0. The van der Waals surface area contributed by atoms with Gasteiger partial charge in [-0.05, 0) is 64.2 Å². The van der Waals surface area contributed by atoms with Crippen molar-refractivity contribution in [1.82, 2.24) is 0 Å². The third-order valence-electron chi connectivity index (χ3n) is 9.63. The lowest BCUT2D eigenvalue weighted by Crippen LogP contribution is -2.30. The molecule has 0 heterocycles. The minimum absolute atomic E-state index is 0.0793. The van der Waals surface area contributed by atoms with Crippen LogP contribution in [0.25, 0.3) is 0 Å². The molecule has 0 radical (unpaired) electrons. The van der Waals surface area contributed by atoms with Crippen LogP contribution in [0.15, 0.2) is 48.6 Å². The van der Waals surface area contributed by atoms with Crippen molar-refractivity contribution < 1.29 is 28.6 Å². The Balaban J connectivity index is 4.37. The lowest BCUT2D eigenvalue weighted by Gasteiger charge is -2.18. The molecule has 0 aromatic rings. The topological polar surface area (TPSA) is 78.9 Å². The Morgan fingerprint density at radius 3 is 1.20 bits per heavy atom. The normalized spacial score (nSPS) is 12.4. The fourth-order valence-corrected chi connectivity index (χ4v) is 6.20. The van der Waals surface area contributed by atoms with E-state index in [9.17, 15) is 14.4 Å². The van der Waals surface area contributed by atoms with E-state index in [-0.39, 0.29) is 31.1 Å². The minimum Gasteiger partial charge on any atom is -0.462 e. The Labute approximate surface area is 333 Å². The molecule has 0 aliphatic heterocycles. The maximum Gasteiger partial charge on any atom is 0.306 e. The van der Waals surface area contributed by atoms with Gasteiger partial charge in [-0.25, -0.2) is 0 Å². The summed E-state index contributed by atoms with van der Waals surface area (Å²) in [4.78, 5) is 37.7. The summed E-state index contributed by atoms with van der Waals surface area (Å²) >= 11 is 0. The standard InChI is InChI=1S/C48H84O6/c1-4-7-10-13-16-19-21-23-24-25-27-29-32-35-38-41-47(50)53-44-45(43-52-46(49)40-37-34-31-28-18-15-12-9-6-3)54-48(51)42-39-36-33-30-26-22-20-17-14-11-8-5-2/h7,10,13,16-17,19-21,45H,4-6,8-9,11-12,14-15,18,22-44H2,1-3H3/b10-7-,16-13-,20-17-,21-19-. The smallest absolute Gasteiger partial charge is 0.306 e. The summed E-state index contributed by atoms with van der Waals surface area (Å²) < 4.78 is 16.7. The summed E-state index contributed by atoms with van der Waals surface area (Å²) in [7, 11) is 0. The second kappa shape index (κ2) is 43.1. The Kier molecular flexibility index (Phi) is 41.0. The molecule has 6 heteroatoms. The summed E-state index contributed by atoms with van der Waals surface area (Å²) in [6.07, 6.45) is 49.5. The molecule has 1 unspecified atom stereocenters. The molecular weight excluding hydrogens is 673 g/mol. The van der Waals surface area contributed by atoms with Crippen LogP contribution in [0.5, 0.6) is 0 Å². The van der Waals surface area contributed by atoms with Crippen LogP contribution in [0.4, 0.5) is 0 Å². The van der Waals surface area contributed by atoms with Crippen LogP contribution >= 0.6 is 0 Å². The van der Waals surface area contributed by atoms with E-state index < -0.39 is 6.10 Å². The molecular formula is C48H84O6. The largest absolute Gasteiger partial charge is 0.462 e. The zero-order chi connectivity index (χ0) is 39.4. The fourth-order valence-electron chi connectivity index (χ4n) is 6.20. The molecule has 0 saturated carbocycles. The quantitative estimate of drug-likeness (QED) is 0.0204. The lowest BCUT2D eigenvalue weighted by atomic mass is 10.1. The number of hydrogen-bond acceptors (Lipinski definition) is 6. The van der Waals surface area contributed by atoms with Crippen molar-refractivity contribution in [3.63, 3.8) is 0 Å². The molecule has 0 spiro atoms. The molecule has 0 bridgehead atoms. The Hall–Kier alpha value is -2.63. The lowest BCUT2D eigenvalue weighted by molar-refractivity contribution is -0.167. The Morgan fingerprint density at radius 2 is 0.741 bits per heavy atom. The predicted molar refractivity (Wildman–Crippen MR) is 229 cm³/mol. The zero-order valence-corrected chi connectivity index (χ0v) is 35.5. The second-order valence-electron chi connectivity index (χ2n) is 15.0. The summed E-state index contributed by atoms with van der Waals surface area (Å²) in [5.41, 5.74) is 0. The number of hydrogen-bond donors (Lipinski definition) is 0. The number of ether oxygens (including phenoxy) is 3. The average molecular weight is 757 g/mol. The molecule has 0 aromatic heterocycles. The summed E-state index contributed by atoms with van der Waals surface area (Å²) in [6.45, 7) is 6.44. The van der Waals surface area contributed by atoms with Crippen molar-refractivity contribution in [2.24, 2.45) is 0 Å². The highest BCUT2D eigenvalue weighted by Crippen LogP contribution is 2.14. The van der Waals surface area contributed by atoms with Gasteiger partial charge in [-0.15, -0.1) is 0 Å². The number of carbonyl (C=O) groups excluding carboxylic acids is 3. The summed E-state index contributed by atoms with van der Waals surface area (Å²) in [5.74, 6) is -0.905. The number of esters is 3. The monoisotopic (exact) mass is 757 g/mol. The van der Waals surface area contributed by atoms with Crippen LogP contribution in [0.2, 0.25) is 0 Å². The van der Waals surface area contributed by atoms with Gasteiger partial charge in [-0.2, -0.15) is 0 Å². The SMILES string of the molecule is CC\C=C/C=C\C=C/CCCCCCCCCC(=O)OCC(COC(=O)CCCCCCCCCCC)OC(=O)CCCCCCC/C=C\CCCCC. The molecule has 0 saturated heterocycles. The minimum atomic E-state index is -0.776. The molecule has 0 amide bonds. The van der Waals surface area contributed by atoms with Gasteiger partial charge in [0.05, 0.1) is 0 Å². The van der Waals surface area contributed by atoms with E-state index in [0.717, 1.165) is 83.5 Å². The van der Waals surface area contributed by atoms with Gasteiger partial charge < -0.3 is 14.2 Å². The Bertz CT molecular complexity index is 964. The van der Waals surface area contributed by atoms with Crippen LogP contribution < -0.4 is 0 Å². The molecule has 0 fully saturated rings. The molecule has 0 aliphatic carbocycles. The highest BCUT2D eigenvalue weighted by Gasteiger charge is 2.19. The van der Waals surface area contributed by atoms with Gasteiger partial charge in [0.2, 0.25) is 0 Å². The van der Waals surface area contributed by atoms with E-state index in [1.165, 1.54) is 96.3 Å². The first-order valence-corrected chi connectivity index (χ1v) is 22.7. The van der Waals surface area contributed by atoms with Gasteiger partial charge in [0, 0.05) is 19.3 Å². The summed E-state index contributed by atoms with van der Waals surface area (Å²) in [6, 6.07) is 0. The van der Waals surface area contributed by atoms with Crippen molar-refractivity contribution in [2.75, 3.05) is 13.2 Å². The van der Waals surface area contributed by atoms with Crippen LogP contribution in [-0.2, 0) is 28.6 Å². The molecule has 0 aromatic carbocycles. The third-order valence-corrected chi connectivity index (χ3v) is 9.63.